The normalized spacial score (nSPS) is 18.8. The van der Waals surface area contributed by atoms with Crippen LogP contribution in [0.15, 0.2) is 0 Å². The number of rotatable bonds is 12. The van der Waals surface area contributed by atoms with Gasteiger partial charge in [-0.15, -0.1) is 0 Å². The minimum absolute atomic E-state index is 0.183. The summed E-state index contributed by atoms with van der Waals surface area (Å²) in [6, 6.07) is -4.02. The Balaban J connectivity index is 2.98. The molecule has 1 aliphatic rings. The fourth-order valence-corrected chi connectivity index (χ4v) is 3.68. The minimum atomic E-state index is -1.22. The van der Waals surface area contributed by atoms with Gasteiger partial charge in [0.25, 0.3) is 0 Å². The van der Waals surface area contributed by atoms with Crippen molar-refractivity contribution in [1.82, 2.24) is 15.5 Å². The molecule has 1 heterocycles. The van der Waals surface area contributed by atoms with Gasteiger partial charge in [-0.3, -0.25) is 19.2 Å². The zero-order valence-corrected chi connectivity index (χ0v) is 19.2. The van der Waals surface area contributed by atoms with E-state index >= 15 is 0 Å². The Labute approximate surface area is 188 Å². The van der Waals surface area contributed by atoms with Crippen molar-refractivity contribution in [2.45, 2.75) is 84.0 Å². The summed E-state index contributed by atoms with van der Waals surface area (Å²) in [5.41, 5.74) is 5.90. The Hall–Kier alpha value is -2.69. The Bertz CT molecular complexity index is 710. The maximum atomic E-state index is 13.0. The van der Waals surface area contributed by atoms with Crippen molar-refractivity contribution in [2.24, 2.45) is 17.6 Å². The average molecular weight is 457 g/mol. The van der Waals surface area contributed by atoms with Gasteiger partial charge in [0.2, 0.25) is 17.7 Å². The van der Waals surface area contributed by atoms with E-state index in [2.05, 4.69) is 10.6 Å². The molecule has 0 bridgehead atoms. The van der Waals surface area contributed by atoms with Crippen molar-refractivity contribution in [3.63, 3.8) is 0 Å². The van der Waals surface area contributed by atoms with Gasteiger partial charge in [-0.1, -0.05) is 27.7 Å². The number of carbonyl (C=O) groups excluding carboxylic acids is 3. The van der Waals surface area contributed by atoms with Crippen molar-refractivity contribution in [3.8, 4) is 0 Å². The molecule has 0 saturated carbocycles. The van der Waals surface area contributed by atoms with E-state index in [4.69, 9.17) is 10.8 Å². The molecule has 6 N–H and O–H groups in total. The Morgan fingerprint density at radius 1 is 1.03 bits per heavy atom. The Morgan fingerprint density at radius 2 is 1.66 bits per heavy atom. The van der Waals surface area contributed by atoms with E-state index in [9.17, 15) is 29.1 Å². The van der Waals surface area contributed by atoms with E-state index in [-0.39, 0.29) is 31.2 Å². The van der Waals surface area contributed by atoms with Gasteiger partial charge in [0, 0.05) is 13.0 Å². The Kier molecular flexibility index (Phi) is 10.6. The molecule has 1 saturated heterocycles. The molecule has 11 nitrogen and oxygen atoms in total. The van der Waals surface area contributed by atoms with E-state index in [0.29, 0.717) is 19.3 Å². The van der Waals surface area contributed by atoms with Gasteiger partial charge in [0.05, 0.1) is 6.04 Å². The molecule has 0 aromatic heterocycles. The average Bonchev–Trinajstić information content (AvgIpc) is 3.17. The van der Waals surface area contributed by atoms with Crippen LogP contribution in [0.1, 0.15) is 59.8 Å². The highest BCUT2D eigenvalue weighted by molar-refractivity contribution is 5.94. The summed E-state index contributed by atoms with van der Waals surface area (Å²) < 4.78 is 0. The summed E-state index contributed by atoms with van der Waals surface area (Å²) in [5, 5.41) is 23.5. The monoisotopic (exact) mass is 456 g/mol. The highest BCUT2D eigenvalue weighted by atomic mass is 16.4. The van der Waals surface area contributed by atoms with Crippen molar-refractivity contribution >= 4 is 29.7 Å². The quantitative estimate of drug-likeness (QED) is 0.270. The molecule has 0 aromatic rings. The predicted octanol–water partition coefficient (Wildman–Crippen LogP) is -0.0742. The summed E-state index contributed by atoms with van der Waals surface area (Å²) in [5.74, 6) is -4.24. The first-order valence-electron chi connectivity index (χ1n) is 11.0. The van der Waals surface area contributed by atoms with Crippen LogP contribution in [0.3, 0.4) is 0 Å². The third kappa shape index (κ3) is 8.10. The van der Waals surface area contributed by atoms with Gasteiger partial charge in [0.15, 0.2) is 0 Å². The van der Waals surface area contributed by atoms with Crippen molar-refractivity contribution in [2.75, 3.05) is 6.54 Å². The lowest BCUT2D eigenvalue weighted by Gasteiger charge is -2.29. The zero-order valence-electron chi connectivity index (χ0n) is 19.2. The van der Waals surface area contributed by atoms with Gasteiger partial charge >= 0.3 is 11.9 Å². The van der Waals surface area contributed by atoms with Crippen LogP contribution in [0.5, 0.6) is 0 Å². The molecular formula is C21H36N4O7. The molecule has 182 valence electrons. The van der Waals surface area contributed by atoms with Gasteiger partial charge in [-0.25, -0.2) is 4.79 Å². The number of hydrogen-bond acceptors (Lipinski definition) is 6. The van der Waals surface area contributed by atoms with Gasteiger partial charge in [0.1, 0.15) is 18.1 Å². The van der Waals surface area contributed by atoms with Crippen LogP contribution in [0, 0.1) is 11.8 Å². The summed E-state index contributed by atoms with van der Waals surface area (Å²) >= 11 is 0. The van der Waals surface area contributed by atoms with E-state index in [0.717, 1.165) is 4.90 Å². The number of nitrogens with one attached hydrogen (secondary N) is 2. The van der Waals surface area contributed by atoms with Crippen LogP contribution in [0.2, 0.25) is 0 Å². The number of carboxylic acid groups (broad SMARTS) is 2. The SMILES string of the molecule is CC(C)CC(N)C(=O)NC(C(=O)NC(CCC(=O)O)C(=O)N1CCCC1C(=O)O)C(C)C. The number of carbonyl (C=O) groups is 5. The highest BCUT2D eigenvalue weighted by Crippen LogP contribution is 2.20. The number of nitrogens with zero attached hydrogens (tertiary/aromatic N) is 1. The number of likely N-dealkylation sites (tertiary alicyclic amines) is 1. The van der Waals surface area contributed by atoms with Crippen LogP contribution in [0.4, 0.5) is 0 Å². The van der Waals surface area contributed by atoms with Crippen molar-refractivity contribution in [3.05, 3.63) is 0 Å². The summed E-state index contributed by atoms with van der Waals surface area (Å²) in [7, 11) is 0. The Morgan fingerprint density at radius 3 is 2.16 bits per heavy atom. The molecular weight excluding hydrogens is 420 g/mol. The second-order valence-electron chi connectivity index (χ2n) is 8.99. The van der Waals surface area contributed by atoms with Crippen molar-refractivity contribution in [1.29, 1.82) is 0 Å². The van der Waals surface area contributed by atoms with Crippen LogP contribution in [-0.2, 0) is 24.0 Å². The maximum Gasteiger partial charge on any atom is 0.326 e. The van der Waals surface area contributed by atoms with Crippen LogP contribution in [-0.4, -0.2) is 75.5 Å². The van der Waals surface area contributed by atoms with Crippen molar-refractivity contribution < 1.29 is 34.2 Å². The standard InChI is InChI=1S/C21H36N4O7/c1-11(2)10-13(22)18(28)24-17(12(3)4)19(29)23-14(7-8-16(26)27)20(30)25-9-5-6-15(25)21(31)32/h11-15,17H,5-10,22H2,1-4H3,(H,23,29)(H,24,28)(H,26,27)(H,31,32). The number of amides is 3. The van der Waals surface area contributed by atoms with Gasteiger partial charge in [-0.05, 0) is 37.5 Å². The van der Waals surface area contributed by atoms with Gasteiger partial charge < -0.3 is 31.5 Å². The minimum Gasteiger partial charge on any atom is -0.481 e. The van der Waals surface area contributed by atoms with Crippen LogP contribution >= 0.6 is 0 Å². The number of carboxylic acids is 2. The topological polar surface area (TPSA) is 179 Å². The number of hydrogen-bond donors (Lipinski definition) is 5. The lowest BCUT2D eigenvalue weighted by molar-refractivity contribution is -0.150. The molecule has 4 unspecified atom stereocenters. The van der Waals surface area contributed by atoms with E-state index in [1.165, 1.54) is 0 Å². The summed E-state index contributed by atoms with van der Waals surface area (Å²) in [6.45, 7) is 7.48. The first kappa shape index (κ1) is 27.3. The lowest BCUT2D eigenvalue weighted by Crippen LogP contribution is -2.58. The first-order valence-corrected chi connectivity index (χ1v) is 11.0. The molecule has 0 aliphatic carbocycles. The summed E-state index contributed by atoms with van der Waals surface area (Å²) in [6.07, 6.45) is 0.637. The fourth-order valence-electron chi connectivity index (χ4n) is 3.68. The first-order chi connectivity index (χ1) is 14.8. The molecule has 0 radical (unpaired) electrons. The van der Waals surface area contributed by atoms with E-state index in [1.807, 2.05) is 13.8 Å². The second kappa shape index (κ2) is 12.4. The smallest absolute Gasteiger partial charge is 0.326 e. The maximum absolute atomic E-state index is 13.0. The zero-order chi connectivity index (χ0) is 24.6. The fraction of sp³-hybridized carbons (Fsp3) is 0.762. The molecule has 3 amide bonds. The largest absolute Gasteiger partial charge is 0.481 e. The predicted molar refractivity (Wildman–Crippen MR) is 115 cm³/mol. The highest BCUT2D eigenvalue weighted by Gasteiger charge is 2.38. The second-order valence-corrected chi connectivity index (χ2v) is 8.99. The molecule has 11 heteroatoms. The summed E-state index contributed by atoms with van der Waals surface area (Å²) in [4.78, 5) is 62.0. The van der Waals surface area contributed by atoms with Crippen LogP contribution in [0.25, 0.3) is 0 Å². The molecule has 32 heavy (non-hydrogen) atoms. The number of nitrogens with two attached hydrogens (primary N) is 1. The molecule has 0 spiro atoms. The number of aliphatic carboxylic acids is 2. The third-order valence-electron chi connectivity index (χ3n) is 5.39. The van der Waals surface area contributed by atoms with E-state index < -0.39 is 53.8 Å². The third-order valence-corrected chi connectivity index (χ3v) is 5.39. The molecule has 4 atom stereocenters. The molecule has 0 aromatic carbocycles. The molecule has 1 rings (SSSR count). The van der Waals surface area contributed by atoms with Gasteiger partial charge in [-0.2, -0.15) is 0 Å². The lowest BCUT2D eigenvalue weighted by atomic mass is 9.99. The van der Waals surface area contributed by atoms with Crippen LogP contribution < -0.4 is 16.4 Å². The molecule has 1 fully saturated rings. The van der Waals surface area contributed by atoms with E-state index in [1.54, 1.807) is 13.8 Å². The molecule has 1 aliphatic heterocycles.